The van der Waals surface area contributed by atoms with Gasteiger partial charge in [0.1, 0.15) is 0 Å². The topological polar surface area (TPSA) is 38.0 Å². The summed E-state index contributed by atoms with van der Waals surface area (Å²) in [6, 6.07) is 10.3. The summed E-state index contributed by atoms with van der Waals surface area (Å²) < 4.78 is 0. The minimum absolute atomic E-state index is 0.0463. The Kier molecular flexibility index (Phi) is 3.47. The Bertz CT molecular complexity index is 306. The lowest BCUT2D eigenvalue weighted by molar-refractivity contribution is 0.514. The Morgan fingerprint density at radius 2 is 1.93 bits per heavy atom. The summed E-state index contributed by atoms with van der Waals surface area (Å²) in [7, 11) is 0. The summed E-state index contributed by atoms with van der Waals surface area (Å²) in [5.74, 6) is 0. The van der Waals surface area contributed by atoms with Crippen LogP contribution in [-0.2, 0) is 5.41 Å². The molecule has 0 unspecified atom stereocenters. The predicted molar refractivity (Wildman–Crippen MR) is 64.3 cm³/mol. The smallest absolute Gasteiger partial charge is 0.163 e. The number of rotatable bonds is 3. The summed E-state index contributed by atoms with van der Waals surface area (Å²) >= 11 is 4.78. The third kappa shape index (κ3) is 3.00. The number of hydrogen-bond donors (Lipinski definition) is 2. The van der Waals surface area contributed by atoms with E-state index in [1.807, 2.05) is 18.2 Å². The van der Waals surface area contributed by atoms with E-state index in [2.05, 4.69) is 31.3 Å². The predicted octanol–water partition coefficient (Wildman–Crippen LogP) is 1.80. The molecular weight excluding hydrogens is 192 g/mol. The molecule has 0 radical (unpaired) electrons. The van der Waals surface area contributed by atoms with Gasteiger partial charge in [-0.2, -0.15) is 0 Å². The molecule has 0 saturated heterocycles. The fourth-order valence-electron chi connectivity index (χ4n) is 1.30. The summed E-state index contributed by atoms with van der Waals surface area (Å²) in [5.41, 5.74) is 6.73. The molecule has 0 bridgehead atoms. The van der Waals surface area contributed by atoms with Gasteiger partial charge in [-0.3, -0.25) is 0 Å². The molecule has 14 heavy (non-hydrogen) atoms. The van der Waals surface area contributed by atoms with Crippen LogP contribution in [0.2, 0.25) is 0 Å². The lowest BCUT2D eigenvalue weighted by Gasteiger charge is -2.25. The Morgan fingerprint density at radius 3 is 2.43 bits per heavy atom. The zero-order valence-electron chi connectivity index (χ0n) is 8.58. The molecule has 0 saturated carbocycles. The van der Waals surface area contributed by atoms with E-state index in [1.54, 1.807) is 0 Å². The van der Waals surface area contributed by atoms with E-state index in [9.17, 15) is 0 Å². The van der Waals surface area contributed by atoms with Crippen LogP contribution < -0.4 is 11.1 Å². The molecule has 1 rings (SSSR count). The van der Waals surface area contributed by atoms with Crippen molar-refractivity contribution in [3.63, 3.8) is 0 Å². The molecule has 0 atom stereocenters. The van der Waals surface area contributed by atoms with Crippen molar-refractivity contribution >= 4 is 17.3 Å². The number of benzene rings is 1. The molecule has 76 valence electrons. The van der Waals surface area contributed by atoms with Gasteiger partial charge >= 0.3 is 0 Å². The first-order chi connectivity index (χ1) is 6.52. The maximum atomic E-state index is 5.40. The SMILES string of the molecule is CC(C)(CNC(N)=S)c1ccccc1. The number of thiocarbonyl (C=S) groups is 1. The Balaban J connectivity index is 2.70. The lowest BCUT2D eigenvalue weighted by atomic mass is 9.85. The van der Waals surface area contributed by atoms with Gasteiger partial charge in [-0.25, -0.2) is 0 Å². The first-order valence-corrected chi connectivity index (χ1v) is 5.02. The Labute approximate surface area is 90.5 Å². The van der Waals surface area contributed by atoms with Gasteiger partial charge in [-0.05, 0) is 17.8 Å². The highest BCUT2D eigenvalue weighted by atomic mass is 32.1. The molecule has 3 heteroatoms. The summed E-state index contributed by atoms with van der Waals surface area (Å²) in [4.78, 5) is 0. The van der Waals surface area contributed by atoms with Crippen molar-refractivity contribution in [2.75, 3.05) is 6.54 Å². The molecule has 2 nitrogen and oxygen atoms in total. The van der Waals surface area contributed by atoms with E-state index in [1.165, 1.54) is 5.56 Å². The van der Waals surface area contributed by atoms with Crippen LogP contribution >= 0.6 is 12.2 Å². The van der Waals surface area contributed by atoms with Gasteiger partial charge in [0.15, 0.2) is 5.11 Å². The van der Waals surface area contributed by atoms with Gasteiger partial charge in [0.2, 0.25) is 0 Å². The second-order valence-corrected chi connectivity index (χ2v) is 4.41. The van der Waals surface area contributed by atoms with E-state index in [4.69, 9.17) is 18.0 Å². The van der Waals surface area contributed by atoms with E-state index < -0.39 is 0 Å². The highest BCUT2D eigenvalue weighted by molar-refractivity contribution is 7.80. The normalized spacial score (nSPS) is 11.0. The minimum Gasteiger partial charge on any atom is -0.376 e. The average Bonchev–Trinajstić information content (AvgIpc) is 2.16. The van der Waals surface area contributed by atoms with Gasteiger partial charge in [-0.1, -0.05) is 44.2 Å². The van der Waals surface area contributed by atoms with Gasteiger partial charge in [0, 0.05) is 12.0 Å². The van der Waals surface area contributed by atoms with Crippen molar-refractivity contribution in [2.45, 2.75) is 19.3 Å². The van der Waals surface area contributed by atoms with Crippen LogP contribution in [0, 0.1) is 0 Å². The number of nitrogens with one attached hydrogen (secondary N) is 1. The maximum Gasteiger partial charge on any atom is 0.163 e. The zero-order valence-corrected chi connectivity index (χ0v) is 9.40. The zero-order chi connectivity index (χ0) is 10.6. The molecule has 1 aromatic carbocycles. The van der Waals surface area contributed by atoms with Gasteiger partial charge < -0.3 is 11.1 Å². The first-order valence-electron chi connectivity index (χ1n) is 4.61. The quantitative estimate of drug-likeness (QED) is 0.744. The number of nitrogens with two attached hydrogens (primary N) is 1. The largest absolute Gasteiger partial charge is 0.376 e. The Hall–Kier alpha value is -1.09. The third-order valence-corrected chi connectivity index (χ3v) is 2.40. The van der Waals surface area contributed by atoms with Crippen LogP contribution in [0.5, 0.6) is 0 Å². The molecule has 0 spiro atoms. The first kappa shape index (κ1) is 11.0. The van der Waals surface area contributed by atoms with Crippen molar-refractivity contribution < 1.29 is 0 Å². The van der Waals surface area contributed by atoms with Gasteiger partial charge in [-0.15, -0.1) is 0 Å². The van der Waals surface area contributed by atoms with Crippen LogP contribution in [0.1, 0.15) is 19.4 Å². The van der Waals surface area contributed by atoms with E-state index in [0.29, 0.717) is 5.11 Å². The molecule has 0 amide bonds. The summed E-state index contributed by atoms with van der Waals surface area (Å²) in [6.07, 6.45) is 0. The van der Waals surface area contributed by atoms with Crippen LogP contribution in [0.25, 0.3) is 0 Å². The molecule has 0 heterocycles. The standard InChI is InChI=1S/C11H16N2S/c1-11(2,8-13-10(12)14)9-6-4-3-5-7-9/h3-7H,8H2,1-2H3,(H3,12,13,14). The molecule has 0 aromatic heterocycles. The van der Waals surface area contributed by atoms with Crippen molar-refractivity contribution in [3.05, 3.63) is 35.9 Å². The molecule has 0 aliphatic heterocycles. The van der Waals surface area contributed by atoms with Crippen molar-refractivity contribution in [2.24, 2.45) is 5.73 Å². The van der Waals surface area contributed by atoms with E-state index in [-0.39, 0.29) is 5.41 Å². The third-order valence-electron chi connectivity index (χ3n) is 2.26. The molecule has 1 aromatic rings. The maximum absolute atomic E-state index is 5.40. The summed E-state index contributed by atoms with van der Waals surface area (Å²) in [6.45, 7) is 5.08. The molecule has 3 N–H and O–H groups in total. The monoisotopic (exact) mass is 208 g/mol. The van der Waals surface area contributed by atoms with Crippen LogP contribution in [0.4, 0.5) is 0 Å². The highest BCUT2D eigenvalue weighted by Gasteiger charge is 2.19. The number of hydrogen-bond acceptors (Lipinski definition) is 1. The van der Waals surface area contributed by atoms with Crippen molar-refractivity contribution in [1.29, 1.82) is 0 Å². The average molecular weight is 208 g/mol. The minimum atomic E-state index is 0.0463. The van der Waals surface area contributed by atoms with Crippen molar-refractivity contribution in [3.8, 4) is 0 Å². The van der Waals surface area contributed by atoms with Gasteiger partial charge in [0.05, 0.1) is 0 Å². The fourth-order valence-corrected chi connectivity index (χ4v) is 1.37. The van der Waals surface area contributed by atoms with E-state index >= 15 is 0 Å². The summed E-state index contributed by atoms with van der Waals surface area (Å²) in [5, 5.41) is 3.35. The molecule has 0 fully saturated rings. The lowest BCUT2D eigenvalue weighted by Crippen LogP contribution is -2.39. The molecule has 0 aliphatic rings. The Morgan fingerprint density at radius 1 is 1.36 bits per heavy atom. The second kappa shape index (κ2) is 4.42. The van der Waals surface area contributed by atoms with Crippen molar-refractivity contribution in [1.82, 2.24) is 5.32 Å². The molecule has 0 aliphatic carbocycles. The van der Waals surface area contributed by atoms with E-state index in [0.717, 1.165) is 6.54 Å². The van der Waals surface area contributed by atoms with Crippen LogP contribution in [0.15, 0.2) is 30.3 Å². The van der Waals surface area contributed by atoms with Crippen LogP contribution in [0.3, 0.4) is 0 Å². The second-order valence-electron chi connectivity index (χ2n) is 3.97. The fraction of sp³-hybridized carbons (Fsp3) is 0.364. The van der Waals surface area contributed by atoms with Crippen LogP contribution in [-0.4, -0.2) is 11.7 Å². The molecular formula is C11H16N2S. The highest BCUT2D eigenvalue weighted by Crippen LogP contribution is 2.21. The van der Waals surface area contributed by atoms with Gasteiger partial charge in [0.25, 0.3) is 0 Å².